The third kappa shape index (κ3) is 2.86. The van der Waals surface area contributed by atoms with Crippen LogP contribution in [0.1, 0.15) is 24.1 Å². The molecule has 0 saturated carbocycles. The van der Waals surface area contributed by atoms with Gasteiger partial charge in [0.1, 0.15) is 10.3 Å². The summed E-state index contributed by atoms with van der Waals surface area (Å²) in [5.41, 5.74) is 0. The normalized spacial score (nSPS) is 21.5. The average molecular weight is 368 g/mol. The van der Waals surface area contributed by atoms with Crippen molar-refractivity contribution in [3.63, 3.8) is 0 Å². The Morgan fingerprint density at radius 3 is 2.74 bits per heavy atom. The van der Waals surface area contributed by atoms with Crippen molar-refractivity contribution >= 4 is 43.3 Å². The molecule has 1 aliphatic heterocycles. The molecule has 1 N–H and O–H groups in total. The quantitative estimate of drug-likeness (QED) is 0.889. The van der Waals surface area contributed by atoms with Gasteiger partial charge in [0.2, 0.25) is 0 Å². The molecule has 19 heavy (non-hydrogen) atoms. The summed E-state index contributed by atoms with van der Waals surface area (Å²) in [4.78, 5) is 12.1. The number of rotatable bonds is 3. The van der Waals surface area contributed by atoms with Gasteiger partial charge in [-0.1, -0.05) is 0 Å². The fourth-order valence-corrected chi connectivity index (χ4v) is 6.68. The molecule has 0 aromatic carbocycles. The highest BCUT2D eigenvalue weighted by Gasteiger charge is 2.39. The van der Waals surface area contributed by atoms with Gasteiger partial charge in [0.15, 0.2) is 0 Å². The highest BCUT2D eigenvalue weighted by Crippen LogP contribution is 2.35. The van der Waals surface area contributed by atoms with Gasteiger partial charge in [-0.05, 0) is 48.2 Å². The average Bonchev–Trinajstić information content (AvgIpc) is 2.69. The van der Waals surface area contributed by atoms with E-state index in [2.05, 4.69) is 15.9 Å². The van der Waals surface area contributed by atoms with Crippen molar-refractivity contribution < 1.29 is 18.3 Å². The lowest BCUT2D eigenvalue weighted by Gasteiger charge is -2.31. The van der Waals surface area contributed by atoms with Crippen molar-refractivity contribution in [2.75, 3.05) is 6.54 Å². The van der Waals surface area contributed by atoms with E-state index in [1.54, 1.807) is 6.07 Å². The van der Waals surface area contributed by atoms with Crippen LogP contribution in [0.3, 0.4) is 0 Å². The number of thiophene rings is 1. The third-order valence-electron chi connectivity index (χ3n) is 3.06. The molecule has 2 heterocycles. The van der Waals surface area contributed by atoms with Crippen molar-refractivity contribution in [3.05, 3.63) is 15.4 Å². The van der Waals surface area contributed by atoms with Crippen molar-refractivity contribution in [2.24, 2.45) is 0 Å². The summed E-state index contributed by atoms with van der Waals surface area (Å²) in [6.07, 6.45) is 1.81. The predicted molar refractivity (Wildman–Crippen MR) is 75.9 cm³/mol. The Kier molecular flexibility index (Phi) is 4.34. The van der Waals surface area contributed by atoms with Gasteiger partial charge in [-0.2, -0.15) is 4.31 Å². The van der Waals surface area contributed by atoms with Gasteiger partial charge in [-0.3, -0.25) is 4.79 Å². The molecule has 8 heteroatoms. The van der Waals surface area contributed by atoms with Crippen LogP contribution in [0.15, 0.2) is 14.7 Å². The number of sulfonamides is 1. The molecule has 0 bridgehead atoms. The zero-order valence-electron chi connectivity index (χ0n) is 10.3. The van der Waals surface area contributed by atoms with Crippen LogP contribution >= 0.6 is 27.3 Å². The van der Waals surface area contributed by atoms with Crippen LogP contribution in [0.25, 0.3) is 0 Å². The van der Waals surface area contributed by atoms with E-state index >= 15 is 0 Å². The second kappa shape index (κ2) is 5.51. The molecule has 1 aliphatic rings. The molecule has 1 unspecified atom stereocenters. The van der Waals surface area contributed by atoms with Crippen molar-refractivity contribution in [3.8, 4) is 0 Å². The standard InChI is InChI=1S/C11H14BrNO4S2/c1-7-6-8(12)11(18-7)19(16,17)13-5-3-2-4-9(13)10(14)15/h6,9H,2-5H2,1H3,(H,14,15). The molecule has 0 aliphatic carbocycles. The van der Waals surface area contributed by atoms with Gasteiger partial charge in [0.05, 0.1) is 0 Å². The Balaban J connectivity index is 2.43. The maximum atomic E-state index is 12.6. The number of nitrogens with zero attached hydrogens (tertiary/aromatic N) is 1. The predicted octanol–water partition coefficient (Wildman–Crippen LogP) is 2.45. The summed E-state index contributed by atoms with van der Waals surface area (Å²) < 4.78 is 27.0. The maximum Gasteiger partial charge on any atom is 0.322 e. The van der Waals surface area contributed by atoms with Crippen LogP contribution < -0.4 is 0 Å². The first-order chi connectivity index (χ1) is 8.84. The topological polar surface area (TPSA) is 74.7 Å². The van der Waals surface area contributed by atoms with Crippen LogP contribution in [-0.2, 0) is 14.8 Å². The van der Waals surface area contributed by atoms with Gasteiger partial charge in [-0.25, -0.2) is 8.42 Å². The number of piperidine rings is 1. The fourth-order valence-electron chi connectivity index (χ4n) is 2.18. The molecule has 0 spiro atoms. The zero-order chi connectivity index (χ0) is 14.2. The highest BCUT2D eigenvalue weighted by molar-refractivity contribution is 9.10. The van der Waals surface area contributed by atoms with Crippen LogP contribution in [0.4, 0.5) is 0 Å². The molecule has 0 amide bonds. The summed E-state index contributed by atoms with van der Waals surface area (Å²) in [5.74, 6) is -1.08. The molecular formula is C11H14BrNO4S2. The molecule has 1 aromatic rings. The lowest BCUT2D eigenvalue weighted by Crippen LogP contribution is -2.47. The van der Waals surface area contributed by atoms with Crippen LogP contribution in [0.5, 0.6) is 0 Å². The summed E-state index contributed by atoms with van der Waals surface area (Å²) in [5, 5.41) is 9.18. The van der Waals surface area contributed by atoms with E-state index in [1.165, 1.54) is 0 Å². The van der Waals surface area contributed by atoms with Gasteiger partial charge < -0.3 is 5.11 Å². The van der Waals surface area contributed by atoms with Crippen LogP contribution in [-0.4, -0.2) is 36.4 Å². The molecular weight excluding hydrogens is 354 g/mol. The van der Waals surface area contributed by atoms with E-state index < -0.39 is 22.0 Å². The number of hydrogen-bond donors (Lipinski definition) is 1. The van der Waals surface area contributed by atoms with Crippen LogP contribution in [0.2, 0.25) is 0 Å². The summed E-state index contributed by atoms with van der Waals surface area (Å²) >= 11 is 4.39. The first-order valence-electron chi connectivity index (χ1n) is 5.84. The van der Waals surface area contributed by atoms with Crippen LogP contribution in [0, 0.1) is 6.92 Å². The Morgan fingerprint density at radius 1 is 1.53 bits per heavy atom. The van der Waals surface area contributed by atoms with E-state index in [0.29, 0.717) is 17.3 Å². The fraction of sp³-hybridized carbons (Fsp3) is 0.545. The van der Waals surface area contributed by atoms with Gasteiger partial charge in [-0.15, -0.1) is 11.3 Å². The van der Waals surface area contributed by atoms with Crippen molar-refractivity contribution in [2.45, 2.75) is 36.4 Å². The van der Waals surface area contributed by atoms with E-state index in [9.17, 15) is 18.3 Å². The molecule has 5 nitrogen and oxygen atoms in total. The number of aryl methyl sites for hydroxylation is 1. The summed E-state index contributed by atoms with van der Waals surface area (Å²) in [6, 6.07) is 0.783. The first kappa shape index (κ1) is 15.0. The smallest absolute Gasteiger partial charge is 0.322 e. The molecule has 1 atom stereocenters. The minimum absolute atomic E-state index is 0.193. The van der Waals surface area contributed by atoms with E-state index in [-0.39, 0.29) is 10.8 Å². The summed E-state index contributed by atoms with van der Waals surface area (Å²) in [7, 11) is -3.74. The van der Waals surface area contributed by atoms with E-state index in [4.69, 9.17) is 0 Å². The molecule has 0 radical (unpaired) electrons. The second-order valence-electron chi connectivity index (χ2n) is 4.46. The number of carboxylic acid groups (broad SMARTS) is 1. The minimum atomic E-state index is -3.74. The maximum absolute atomic E-state index is 12.6. The van der Waals surface area contributed by atoms with Gasteiger partial charge >= 0.3 is 5.97 Å². The van der Waals surface area contributed by atoms with Gasteiger partial charge in [0.25, 0.3) is 10.0 Å². The Bertz CT molecular complexity index is 596. The SMILES string of the molecule is Cc1cc(Br)c(S(=O)(=O)N2CCCCC2C(=O)O)s1. The monoisotopic (exact) mass is 367 g/mol. The Hall–Kier alpha value is -0.440. The lowest BCUT2D eigenvalue weighted by molar-refractivity contribution is -0.142. The zero-order valence-corrected chi connectivity index (χ0v) is 13.5. The Morgan fingerprint density at radius 2 is 2.21 bits per heavy atom. The number of aliphatic carboxylic acids is 1. The number of carboxylic acids is 1. The number of hydrogen-bond acceptors (Lipinski definition) is 4. The molecule has 1 saturated heterocycles. The molecule has 2 rings (SSSR count). The van der Waals surface area contributed by atoms with E-state index in [0.717, 1.165) is 26.9 Å². The van der Waals surface area contributed by atoms with Crippen molar-refractivity contribution in [1.29, 1.82) is 0 Å². The molecule has 1 aromatic heterocycles. The number of carbonyl (C=O) groups is 1. The summed E-state index contributed by atoms with van der Waals surface area (Å²) in [6.45, 7) is 2.09. The molecule has 106 valence electrons. The molecule has 1 fully saturated rings. The number of halogens is 1. The minimum Gasteiger partial charge on any atom is -0.480 e. The highest BCUT2D eigenvalue weighted by atomic mass is 79.9. The first-order valence-corrected chi connectivity index (χ1v) is 8.89. The Labute approximate surface area is 124 Å². The van der Waals surface area contributed by atoms with Crippen molar-refractivity contribution in [1.82, 2.24) is 4.31 Å². The van der Waals surface area contributed by atoms with E-state index in [1.807, 2.05) is 6.92 Å². The third-order valence-corrected chi connectivity index (χ3v) is 7.68. The van der Waals surface area contributed by atoms with Gasteiger partial charge in [0, 0.05) is 15.9 Å². The second-order valence-corrected chi connectivity index (χ2v) is 8.65. The lowest BCUT2D eigenvalue weighted by atomic mass is 10.1. The largest absolute Gasteiger partial charge is 0.480 e.